The van der Waals surface area contributed by atoms with Crippen LogP contribution in [0, 0.1) is 17.2 Å². The molecule has 27 heavy (non-hydrogen) atoms. The van der Waals surface area contributed by atoms with Crippen LogP contribution in [0.1, 0.15) is 43.9 Å². The predicted octanol–water partition coefficient (Wildman–Crippen LogP) is 4.20. The first kappa shape index (κ1) is 18.2. The lowest BCUT2D eigenvalue weighted by Crippen LogP contribution is -2.56. The van der Waals surface area contributed by atoms with Gasteiger partial charge in [0.25, 0.3) is 0 Å². The molecule has 0 amide bonds. The molecule has 0 radical (unpaired) electrons. The second-order valence-electron chi connectivity index (χ2n) is 8.24. The number of benzene rings is 1. The first-order valence-electron chi connectivity index (χ1n) is 9.69. The van der Waals surface area contributed by atoms with Crippen molar-refractivity contribution in [3.8, 4) is 5.69 Å². The van der Waals surface area contributed by atoms with Gasteiger partial charge in [0, 0.05) is 11.1 Å². The Kier molecular flexibility index (Phi) is 4.58. The molecule has 5 heteroatoms. The van der Waals surface area contributed by atoms with Crippen LogP contribution in [-0.4, -0.2) is 27.6 Å². The van der Waals surface area contributed by atoms with E-state index in [2.05, 4.69) is 12.0 Å². The Labute approximate surface area is 159 Å². The molecule has 2 aliphatic rings. The van der Waals surface area contributed by atoms with Gasteiger partial charge in [-0.3, -0.25) is 0 Å². The van der Waals surface area contributed by atoms with Crippen LogP contribution in [0.25, 0.3) is 5.69 Å². The van der Waals surface area contributed by atoms with Crippen LogP contribution in [0.2, 0.25) is 0 Å². The Morgan fingerprint density at radius 1 is 1.37 bits per heavy atom. The van der Waals surface area contributed by atoms with Crippen molar-refractivity contribution in [1.82, 2.24) is 9.78 Å². The number of hydrogen-bond acceptors (Lipinski definition) is 3. The van der Waals surface area contributed by atoms with Gasteiger partial charge in [0.05, 0.1) is 30.9 Å². The average Bonchev–Trinajstić information content (AvgIpc) is 3.04. The molecule has 1 aromatic carbocycles. The number of methoxy groups -OCH3 is 1. The second kappa shape index (κ2) is 6.79. The van der Waals surface area contributed by atoms with E-state index >= 15 is 0 Å². The van der Waals surface area contributed by atoms with Crippen LogP contribution >= 0.6 is 0 Å². The van der Waals surface area contributed by atoms with E-state index in [-0.39, 0.29) is 11.2 Å². The molecular formula is C22H27FN2O2. The maximum Gasteiger partial charge on any atom is 0.123 e. The Morgan fingerprint density at radius 2 is 2.15 bits per heavy atom. The van der Waals surface area contributed by atoms with Gasteiger partial charge in [-0.05, 0) is 73.9 Å². The Morgan fingerprint density at radius 3 is 2.89 bits per heavy atom. The largest absolute Gasteiger partial charge is 0.505 e. The normalized spacial score (nSPS) is 30.1. The summed E-state index contributed by atoms with van der Waals surface area (Å²) < 4.78 is 20.2. The Hall–Kier alpha value is -2.14. The lowest BCUT2D eigenvalue weighted by atomic mass is 9.52. The van der Waals surface area contributed by atoms with Gasteiger partial charge in [-0.2, -0.15) is 5.10 Å². The number of ether oxygens (including phenoxy) is 1. The zero-order valence-electron chi connectivity index (χ0n) is 16.0. The van der Waals surface area contributed by atoms with Gasteiger partial charge in [-0.25, -0.2) is 9.07 Å². The summed E-state index contributed by atoms with van der Waals surface area (Å²) in [6.45, 7) is 2.23. The van der Waals surface area contributed by atoms with Crippen molar-refractivity contribution in [2.24, 2.45) is 11.3 Å². The number of hydrogen-bond donors (Lipinski definition) is 1. The minimum Gasteiger partial charge on any atom is -0.505 e. The molecule has 1 fully saturated rings. The number of aromatic nitrogens is 2. The molecule has 0 bridgehead atoms. The molecule has 4 nitrogen and oxygen atoms in total. The molecule has 1 heterocycles. The lowest BCUT2D eigenvalue weighted by Gasteiger charge is -2.55. The molecule has 1 unspecified atom stereocenters. The monoisotopic (exact) mass is 370 g/mol. The van der Waals surface area contributed by atoms with Gasteiger partial charge in [-0.1, -0.05) is 13.3 Å². The van der Waals surface area contributed by atoms with Crippen LogP contribution in [0.5, 0.6) is 0 Å². The van der Waals surface area contributed by atoms with Crippen molar-refractivity contribution in [2.45, 2.75) is 51.0 Å². The van der Waals surface area contributed by atoms with Gasteiger partial charge in [0.1, 0.15) is 5.82 Å². The number of halogens is 1. The quantitative estimate of drug-likeness (QED) is 0.821. The zero-order chi connectivity index (χ0) is 19.1. The van der Waals surface area contributed by atoms with E-state index in [9.17, 15) is 9.50 Å². The molecule has 0 aliphatic heterocycles. The van der Waals surface area contributed by atoms with Gasteiger partial charge in [0.2, 0.25) is 0 Å². The van der Waals surface area contributed by atoms with Crippen LogP contribution < -0.4 is 0 Å². The highest BCUT2D eigenvalue weighted by Crippen LogP contribution is 2.55. The third-order valence-electron chi connectivity index (χ3n) is 6.82. The van der Waals surface area contributed by atoms with Crippen molar-refractivity contribution < 1.29 is 14.2 Å². The van der Waals surface area contributed by atoms with Crippen molar-refractivity contribution in [1.29, 1.82) is 0 Å². The summed E-state index contributed by atoms with van der Waals surface area (Å²) >= 11 is 0. The van der Waals surface area contributed by atoms with Crippen molar-refractivity contribution in [2.75, 3.05) is 7.11 Å². The Bertz CT molecular complexity index is 844. The summed E-state index contributed by atoms with van der Waals surface area (Å²) in [6, 6.07) is 6.47. The molecule has 1 N–H and O–H groups in total. The summed E-state index contributed by atoms with van der Waals surface area (Å²) in [4.78, 5) is 0. The smallest absolute Gasteiger partial charge is 0.123 e. The first-order valence-corrected chi connectivity index (χ1v) is 9.69. The molecule has 2 aromatic rings. The lowest BCUT2D eigenvalue weighted by molar-refractivity contribution is -0.138. The summed E-state index contributed by atoms with van der Waals surface area (Å²) in [6.07, 6.45) is 10.8. The SMILES string of the molecule is CO/C=C/C[C@]1(O)CCCC2Cc3c(cnn3-c3ccc(F)cc3)C[C@@]21C. The molecule has 1 aromatic heterocycles. The van der Waals surface area contributed by atoms with E-state index in [1.165, 1.54) is 23.4 Å². The van der Waals surface area contributed by atoms with Gasteiger partial charge >= 0.3 is 0 Å². The fourth-order valence-electron chi connectivity index (χ4n) is 5.14. The van der Waals surface area contributed by atoms with Crippen LogP contribution in [-0.2, 0) is 17.6 Å². The van der Waals surface area contributed by atoms with Crippen LogP contribution in [0.15, 0.2) is 42.8 Å². The van der Waals surface area contributed by atoms with E-state index in [4.69, 9.17) is 4.74 Å². The Balaban J connectivity index is 1.68. The second-order valence-corrected chi connectivity index (χ2v) is 8.24. The number of aliphatic hydroxyl groups is 1. The fourth-order valence-corrected chi connectivity index (χ4v) is 5.14. The maximum atomic E-state index is 13.3. The van der Waals surface area contributed by atoms with E-state index in [1.807, 2.05) is 17.0 Å². The highest BCUT2D eigenvalue weighted by Gasteiger charge is 2.55. The van der Waals surface area contributed by atoms with E-state index in [1.54, 1.807) is 25.5 Å². The summed E-state index contributed by atoms with van der Waals surface area (Å²) in [5, 5.41) is 16.1. The standard InChI is InChI=1S/C22H27FN2O2/c1-21-14-16-15-24-25(19-8-6-18(23)7-9-19)20(16)13-17(21)5-3-10-22(21,26)11-4-12-27-2/h4,6-9,12,15,17,26H,3,5,10-11,13-14H2,1-2H3/b12-4+/t17?,21-,22+/m0/s1. The van der Waals surface area contributed by atoms with Gasteiger partial charge in [-0.15, -0.1) is 0 Å². The van der Waals surface area contributed by atoms with Gasteiger partial charge in [0.15, 0.2) is 0 Å². The minimum atomic E-state index is -0.736. The molecule has 3 atom stereocenters. The van der Waals surface area contributed by atoms with Crippen LogP contribution in [0.4, 0.5) is 4.39 Å². The third-order valence-corrected chi connectivity index (χ3v) is 6.82. The van der Waals surface area contributed by atoms with Gasteiger partial charge < -0.3 is 9.84 Å². The minimum absolute atomic E-state index is 0.188. The number of nitrogens with zero attached hydrogens (tertiary/aromatic N) is 2. The molecule has 0 saturated heterocycles. The maximum absolute atomic E-state index is 13.3. The number of rotatable bonds is 4. The fraction of sp³-hybridized carbons (Fsp3) is 0.500. The summed E-state index contributed by atoms with van der Waals surface area (Å²) in [5.41, 5.74) is 2.35. The predicted molar refractivity (Wildman–Crippen MR) is 102 cm³/mol. The molecular weight excluding hydrogens is 343 g/mol. The van der Waals surface area contributed by atoms with E-state index < -0.39 is 5.60 Å². The molecule has 1 saturated carbocycles. The first-order chi connectivity index (χ1) is 13.0. The molecule has 144 valence electrons. The van der Waals surface area contributed by atoms with Crippen molar-refractivity contribution in [3.63, 3.8) is 0 Å². The highest BCUT2D eigenvalue weighted by molar-refractivity contribution is 5.38. The summed E-state index contributed by atoms with van der Waals surface area (Å²) in [7, 11) is 1.63. The zero-order valence-corrected chi connectivity index (χ0v) is 16.0. The van der Waals surface area contributed by atoms with Crippen molar-refractivity contribution >= 4 is 0 Å². The molecule has 4 rings (SSSR count). The van der Waals surface area contributed by atoms with Crippen molar-refractivity contribution in [3.05, 3.63) is 59.9 Å². The highest BCUT2D eigenvalue weighted by atomic mass is 19.1. The molecule has 0 spiro atoms. The van der Waals surface area contributed by atoms with E-state index in [0.29, 0.717) is 12.3 Å². The average molecular weight is 370 g/mol. The number of fused-ring (bicyclic) bond motifs is 2. The topological polar surface area (TPSA) is 47.3 Å². The van der Waals surface area contributed by atoms with Crippen LogP contribution in [0.3, 0.4) is 0 Å². The van der Waals surface area contributed by atoms with E-state index in [0.717, 1.165) is 37.8 Å². The molecule has 2 aliphatic carbocycles. The summed E-state index contributed by atoms with van der Waals surface area (Å²) in [5.74, 6) is 0.157. The third kappa shape index (κ3) is 2.98.